The Bertz CT molecular complexity index is 1050. The molecule has 1 aliphatic carbocycles. The van der Waals surface area contributed by atoms with Gasteiger partial charge in [-0.3, -0.25) is 14.4 Å². The van der Waals surface area contributed by atoms with Gasteiger partial charge in [0.2, 0.25) is 5.91 Å². The zero-order chi connectivity index (χ0) is 21.5. The predicted molar refractivity (Wildman–Crippen MR) is 112 cm³/mol. The van der Waals surface area contributed by atoms with Crippen molar-refractivity contribution in [3.63, 3.8) is 0 Å². The van der Waals surface area contributed by atoms with E-state index in [2.05, 4.69) is 5.32 Å². The molecule has 158 valence electrons. The minimum atomic E-state index is -0.549. The van der Waals surface area contributed by atoms with Gasteiger partial charge >= 0.3 is 0 Å². The predicted octanol–water partition coefficient (Wildman–Crippen LogP) is 3.28. The summed E-state index contributed by atoms with van der Waals surface area (Å²) in [5.74, 6) is -0.705. The molecule has 4 rings (SSSR count). The van der Waals surface area contributed by atoms with Gasteiger partial charge in [-0.25, -0.2) is 4.39 Å². The number of piperidine rings is 1. The second-order valence-corrected chi connectivity index (χ2v) is 8.72. The van der Waals surface area contributed by atoms with Gasteiger partial charge in [0, 0.05) is 49.1 Å². The molecule has 1 saturated heterocycles. The molecule has 0 radical (unpaired) electrons. The third kappa shape index (κ3) is 4.15. The maximum Gasteiger partial charge on any atom is 0.254 e. The van der Waals surface area contributed by atoms with Crippen LogP contribution in [0.4, 0.5) is 10.1 Å². The number of hydrogen-bond acceptors (Lipinski definition) is 3. The molecule has 1 saturated carbocycles. The van der Waals surface area contributed by atoms with Gasteiger partial charge in [0.25, 0.3) is 11.5 Å². The van der Waals surface area contributed by atoms with Gasteiger partial charge < -0.3 is 14.8 Å². The maximum absolute atomic E-state index is 14.1. The van der Waals surface area contributed by atoms with Crippen LogP contribution in [0.5, 0.6) is 0 Å². The topological polar surface area (TPSA) is 71.4 Å². The van der Waals surface area contributed by atoms with Crippen LogP contribution in [-0.2, 0) is 11.8 Å². The first-order valence-corrected chi connectivity index (χ1v) is 10.3. The first-order valence-electron chi connectivity index (χ1n) is 10.3. The SMILES string of the molecule is Cn1ccc(C2CCN(C(=O)c3cc(F)cc(NC(=O)C4(C)CC4)c3)CC2)cc1=O. The number of nitrogens with zero attached hydrogens (tertiary/aromatic N) is 2. The van der Waals surface area contributed by atoms with Crippen molar-refractivity contribution in [2.24, 2.45) is 12.5 Å². The summed E-state index contributed by atoms with van der Waals surface area (Å²) in [5.41, 5.74) is 1.12. The van der Waals surface area contributed by atoms with Crippen molar-refractivity contribution in [1.82, 2.24) is 9.47 Å². The third-order valence-electron chi connectivity index (χ3n) is 6.33. The van der Waals surface area contributed by atoms with E-state index in [9.17, 15) is 18.8 Å². The number of carbonyl (C=O) groups is 2. The van der Waals surface area contributed by atoms with Crippen LogP contribution in [0.2, 0.25) is 0 Å². The lowest BCUT2D eigenvalue weighted by Gasteiger charge is -2.32. The smallest absolute Gasteiger partial charge is 0.254 e. The zero-order valence-electron chi connectivity index (χ0n) is 17.3. The molecule has 2 amide bonds. The van der Waals surface area contributed by atoms with Crippen LogP contribution in [0, 0.1) is 11.2 Å². The van der Waals surface area contributed by atoms with Gasteiger partial charge in [0.05, 0.1) is 0 Å². The summed E-state index contributed by atoms with van der Waals surface area (Å²) in [6.45, 7) is 2.95. The van der Waals surface area contributed by atoms with E-state index in [1.54, 1.807) is 30.3 Å². The summed E-state index contributed by atoms with van der Waals surface area (Å²) < 4.78 is 15.7. The first kappa shape index (κ1) is 20.3. The number of aromatic nitrogens is 1. The first-order chi connectivity index (χ1) is 14.2. The largest absolute Gasteiger partial charge is 0.339 e. The normalized spacial score (nSPS) is 18.2. The zero-order valence-corrected chi connectivity index (χ0v) is 17.3. The van der Waals surface area contributed by atoms with Gasteiger partial charge in [-0.2, -0.15) is 0 Å². The van der Waals surface area contributed by atoms with Crippen molar-refractivity contribution in [1.29, 1.82) is 0 Å². The molecule has 0 bridgehead atoms. The molecule has 0 atom stereocenters. The van der Waals surface area contributed by atoms with E-state index in [1.807, 2.05) is 13.0 Å². The number of nitrogens with one attached hydrogen (secondary N) is 1. The lowest BCUT2D eigenvalue weighted by atomic mass is 9.90. The second-order valence-electron chi connectivity index (χ2n) is 8.72. The van der Waals surface area contributed by atoms with Gasteiger partial charge in [0.1, 0.15) is 5.82 Å². The molecule has 2 heterocycles. The third-order valence-corrected chi connectivity index (χ3v) is 6.33. The highest BCUT2D eigenvalue weighted by Crippen LogP contribution is 2.45. The van der Waals surface area contributed by atoms with Gasteiger partial charge in [-0.05, 0) is 61.4 Å². The van der Waals surface area contributed by atoms with Crippen LogP contribution in [-0.4, -0.2) is 34.4 Å². The molecule has 1 N–H and O–H groups in total. The van der Waals surface area contributed by atoms with Crippen molar-refractivity contribution < 1.29 is 14.0 Å². The number of hydrogen-bond donors (Lipinski definition) is 1. The van der Waals surface area contributed by atoms with E-state index in [1.165, 1.54) is 16.7 Å². The molecule has 2 aliphatic rings. The fourth-order valence-electron chi connectivity index (χ4n) is 3.90. The molecule has 2 fully saturated rings. The number of pyridine rings is 1. The maximum atomic E-state index is 14.1. The average Bonchev–Trinajstić information content (AvgIpc) is 3.48. The highest BCUT2D eigenvalue weighted by molar-refractivity contribution is 5.99. The second kappa shape index (κ2) is 7.70. The van der Waals surface area contributed by atoms with E-state index in [0.717, 1.165) is 31.2 Å². The van der Waals surface area contributed by atoms with E-state index in [-0.39, 0.29) is 34.3 Å². The molecule has 0 unspecified atom stereocenters. The van der Waals surface area contributed by atoms with Crippen LogP contribution >= 0.6 is 0 Å². The Labute approximate surface area is 174 Å². The number of halogens is 1. The van der Waals surface area contributed by atoms with Crippen molar-refractivity contribution in [3.8, 4) is 0 Å². The Hall–Kier alpha value is -2.96. The van der Waals surface area contributed by atoms with Crippen molar-refractivity contribution >= 4 is 17.5 Å². The van der Waals surface area contributed by atoms with Crippen molar-refractivity contribution in [2.45, 2.75) is 38.5 Å². The molecule has 2 aromatic rings. The highest BCUT2D eigenvalue weighted by Gasteiger charge is 2.44. The summed E-state index contributed by atoms with van der Waals surface area (Å²) in [6.07, 6.45) is 4.90. The molecule has 30 heavy (non-hydrogen) atoms. The number of aryl methyl sites for hydroxylation is 1. The fraction of sp³-hybridized carbons (Fsp3) is 0.435. The highest BCUT2D eigenvalue weighted by atomic mass is 19.1. The number of rotatable bonds is 4. The fourth-order valence-corrected chi connectivity index (χ4v) is 3.90. The molecule has 1 aromatic heterocycles. The number of amides is 2. The Morgan fingerprint density at radius 1 is 1.13 bits per heavy atom. The standard InChI is InChI=1S/C23H26FN3O3/c1-23(6-7-23)22(30)25-19-12-17(11-18(24)14-19)21(29)27-9-4-15(5-10-27)16-3-8-26(2)20(28)13-16/h3,8,11-15H,4-7,9-10H2,1-2H3,(H,25,30). The number of carbonyl (C=O) groups excluding carboxylic acids is 2. The molecule has 6 nitrogen and oxygen atoms in total. The Kier molecular flexibility index (Phi) is 5.22. The Morgan fingerprint density at radius 2 is 1.83 bits per heavy atom. The number of anilines is 1. The lowest BCUT2D eigenvalue weighted by molar-refractivity contribution is -0.120. The van der Waals surface area contributed by atoms with Crippen molar-refractivity contribution in [2.75, 3.05) is 18.4 Å². The summed E-state index contributed by atoms with van der Waals surface area (Å²) in [5, 5.41) is 2.74. The Balaban J connectivity index is 1.43. The summed E-state index contributed by atoms with van der Waals surface area (Å²) in [7, 11) is 1.72. The van der Waals surface area contributed by atoms with E-state index in [0.29, 0.717) is 18.8 Å². The number of likely N-dealkylation sites (tertiary alicyclic amines) is 1. The minimum absolute atomic E-state index is 0.0413. The molecular weight excluding hydrogens is 385 g/mol. The van der Waals surface area contributed by atoms with Crippen LogP contribution < -0.4 is 10.9 Å². The van der Waals surface area contributed by atoms with Crippen LogP contribution in [0.3, 0.4) is 0 Å². The van der Waals surface area contributed by atoms with E-state index >= 15 is 0 Å². The number of benzene rings is 1. The molecule has 7 heteroatoms. The molecule has 1 aromatic carbocycles. The average molecular weight is 411 g/mol. The summed E-state index contributed by atoms with van der Waals surface area (Å²) >= 11 is 0. The quantitative estimate of drug-likeness (QED) is 0.839. The Morgan fingerprint density at radius 3 is 2.47 bits per heavy atom. The van der Waals surface area contributed by atoms with Crippen LogP contribution in [0.1, 0.15) is 54.4 Å². The van der Waals surface area contributed by atoms with Crippen molar-refractivity contribution in [3.05, 3.63) is 63.8 Å². The van der Waals surface area contributed by atoms with E-state index < -0.39 is 5.82 Å². The minimum Gasteiger partial charge on any atom is -0.339 e. The van der Waals surface area contributed by atoms with E-state index in [4.69, 9.17) is 0 Å². The lowest BCUT2D eigenvalue weighted by Crippen LogP contribution is -2.38. The van der Waals surface area contributed by atoms with Crippen LogP contribution in [0.25, 0.3) is 0 Å². The molecule has 0 spiro atoms. The monoisotopic (exact) mass is 411 g/mol. The van der Waals surface area contributed by atoms with Gasteiger partial charge in [-0.1, -0.05) is 6.92 Å². The molecule has 1 aliphatic heterocycles. The van der Waals surface area contributed by atoms with Gasteiger partial charge in [-0.15, -0.1) is 0 Å². The van der Waals surface area contributed by atoms with Crippen LogP contribution in [0.15, 0.2) is 41.3 Å². The summed E-state index contributed by atoms with van der Waals surface area (Å²) in [4.78, 5) is 38.8. The van der Waals surface area contributed by atoms with Gasteiger partial charge in [0.15, 0.2) is 0 Å². The summed E-state index contributed by atoms with van der Waals surface area (Å²) in [6, 6.07) is 7.60. The molecular formula is C23H26FN3O3.